The van der Waals surface area contributed by atoms with Crippen LogP contribution in [-0.4, -0.2) is 0 Å². The Morgan fingerprint density at radius 1 is 1.16 bits per heavy atom. The van der Waals surface area contributed by atoms with Crippen LogP contribution in [0.2, 0.25) is 0 Å². The van der Waals surface area contributed by atoms with E-state index in [2.05, 4.69) is 15.9 Å². The van der Waals surface area contributed by atoms with Gasteiger partial charge in [-0.05, 0) is 36.8 Å². The Labute approximate surface area is 120 Å². The summed E-state index contributed by atoms with van der Waals surface area (Å²) in [5.74, 6) is -1.25. The summed E-state index contributed by atoms with van der Waals surface area (Å²) < 4.78 is 51.1. The largest absolute Gasteiger partial charge is 0.419 e. The first-order valence-corrected chi connectivity index (χ1v) is 7.09. The van der Waals surface area contributed by atoms with Crippen LogP contribution in [0.4, 0.5) is 17.6 Å². The molecule has 102 valence electrons. The molecule has 1 heterocycles. The molecule has 0 N–H and O–H groups in total. The van der Waals surface area contributed by atoms with E-state index in [9.17, 15) is 17.6 Å². The molecule has 0 saturated carbocycles. The van der Waals surface area contributed by atoms with E-state index in [0.717, 1.165) is 21.9 Å². The van der Waals surface area contributed by atoms with Gasteiger partial charge < -0.3 is 0 Å². The second-order valence-corrected chi connectivity index (χ2v) is 6.28. The van der Waals surface area contributed by atoms with Gasteiger partial charge in [0, 0.05) is 9.75 Å². The summed E-state index contributed by atoms with van der Waals surface area (Å²) in [6, 6.07) is 6.80. The second kappa shape index (κ2) is 5.25. The highest BCUT2D eigenvalue weighted by Crippen LogP contribution is 2.38. The van der Waals surface area contributed by atoms with Gasteiger partial charge in [-0.2, -0.15) is 13.2 Å². The number of aryl methyl sites for hydroxylation is 1. The molecule has 0 nitrogen and oxygen atoms in total. The molecule has 6 heteroatoms. The van der Waals surface area contributed by atoms with Crippen molar-refractivity contribution in [3.05, 3.63) is 57.0 Å². The van der Waals surface area contributed by atoms with Gasteiger partial charge in [0.05, 0.1) is 10.4 Å². The Hall–Kier alpha value is -0.880. The zero-order chi connectivity index (χ0) is 14.2. The fraction of sp³-hybridized carbons (Fsp3) is 0.231. The Morgan fingerprint density at radius 3 is 2.37 bits per heavy atom. The maximum atomic E-state index is 13.2. The molecule has 0 spiro atoms. The lowest BCUT2D eigenvalue weighted by Crippen LogP contribution is -2.09. The van der Waals surface area contributed by atoms with Crippen molar-refractivity contribution in [2.24, 2.45) is 0 Å². The van der Waals surface area contributed by atoms with Crippen LogP contribution in [0.1, 0.15) is 25.7 Å². The highest BCUT2D eigenvalue weighted by molar-refractivity contribution is 9.09. The highest BCUT2D eigenvalue weighted by Gasteiger charge is 2.34. The average molecular weight is 353 g/mol. The molecular weight excluding hydrogens is 344 g/mol. The van der Waals surface area contributed by atoms with Crippen LogP contribution in [0.25, 0.3) is 0 Å². The molecule has 0 aliphatic rings. The van der Waals surface area contributed by atoms with E-state index in [4.69, 9.17) is 0 Å². The lowest BCUT2D eigenvalue weighted by molar-refractivity contribution is -0.140. The van der Waals surface area contributed by atoms with Crippen molar-refractivity contribution in [3.8, 4) is 0 Å². The predicted octanol–water partition coefficient (Wildman–Crippen LogP) is 5.70. The number of rotatable bonds is 2. The van der Waals surface area contributed by atoms with Crippen LogP contribution in [0.3, 0.4) is 0 Å². The van der Waals surface area contributed by atoms with Crippen molar-refractivity contribution in [2.45, 2.75) is 17.9 Å². The van der Waals surface area contributed by atoms with E-state index in [1.54, 1.807) is 0 Å². The lowest BCUT2D eigenvalue weighted by Gasteiger charge is -2.13. The van der Waals surface area contributed by atoms with E-state index in [1.807, 2.05) is 19.1 Å². The van der Waals surface area contributed by atoms with Crippen molar-refractivity contribution < 1.29 is 17.6 Å². The molecule has 0 bridgehead atoms. The van der Waals surface area contributed by atoms with E-state index < -0.39 is 17.6 Å². The molecule has 0 amide bonds. The van der Waals surface area contributed by atoms with Crippen LogP contribution in [0.5, 0.6) is 0 Å². The normalized spacial score (nSPS) is 13.6. The Balaban J connectivity index is 2.41. The monoisotopic (exact) mass is 352 g/mol. The number of hydrogen-bond donors (Lipinski definition) is 0. The molecule has 2 rings (SSSR count). The van der Waals surface area contributed by atoms with E-state index in [0.29, 0.717) is 5.56 Å². The molecule has 1 unspecified atom stereocenters. The van der Waals surface area contributed by atoms with Crippen LogP contribution in [0, 0.1) is 12.7 Å². The van der Waals surface area contributed by atoms with Gasteiger partial charge in [-0.25, -0.2) is 4.39 Å². The minimum Gasteiger partial charge on any atom is -0.206 e. The fourth-order valence-electron chi connectivity index (χ4n) is 1.67. The average Bonchev–Trinajstić information content (AvgIpc) is 2.74. The first kappa shape index (κ1) is 14.5. The summed E-state index contributed by atoms with van der Waals surface area (Å²) in [6.45, 7) is 1.92. The molecule has 0 saturated heterocycles. The lowest BCUT2D eigenvalue weighted by atomic mass is 10.1. The summed E-state index contributed by atoms with van der Waals surface area (Å²) in [7, 11) is 0. The molecule has 0 fully saturated rings. The molecule has 1 aromatic heterocycles. The SMILES string of the molecule is Cc1ccc(C(Br)c2ccc(F)c(C(F)(F)F)c2)s1. The van der Waals surface area contributed by atoms with Gasteiger partial charge in [-0.15, -0.1) is 11.3 Å². The van der Waals surface area contributed by atoms with Crippen molar-refractivity contribution in [3.63, 3.8) is 0 Å². The molecule has 19 heavy (non-hydrogen) atoms. The van der Waals surface area contributed by atoms with E-state index >= 15 is 0 Å². The summed E-state index contributed by atoms with van der Waals surface area (Å²) in [5.41, 5.74) is -0.849. The van der Waals surface area contributed by atoms with Gasteiger partial charge in [0.1, 0.15) is 5.82 Å². The van der Waals surface area contributed by atoms with Gasteiger partial charge in [-0.3, -0.25) is 0 Å². The van der Waals surface area contributed by atoms with Gasteiger partial charge in [0.25, 0.3) is 0 Å². The minimum absolute atomic E-state index is 0.368. The molecule has 2 aromatic rings. The topological polar surface area (TPSA) is 0 Å². The summed E-state index contributed by atoms with van der Waals surface area (Å²) in [6.07, 6.45) is -4.68. The van der Waals surface area contributed by atoms with Gasteiger partial charge in [-0.1, -0.05) is 22.0 Å². The van der Waals surface area contributed by atoms with E-state index in [-0.39, 0.29) is 4.83 Å². The maximum Gasteiger partial charge on any atom is 0.419 e. The van der Waals surface area contributed by atoms with Crippen molar-refractivity contribution in [1.82, 2.24) is 0 Å². The molecular formula is C13H9BrF4S. The molecule has 0 aliphatic carbocycles. The molecule has 1 aromatic carbocycles. The first-order chi connectivity index (χ1) is 8.79. The predicted molar refractivity (Wildman–Crippen MR) is 71.2 cm³/mol. The number of halogens is 5. The Bertz CT molecular complexity index is 589. The third kappa shape index (κ3) is 3.17. The van der Waals surface area contributed by atoms with Crippen LogP contribution < -0.4 is 0 Å². The molecule has 1 atom stereocenters. The summed E-state index contributed by atoms with van der Waals surface area (Å²) in [4.78, 5) is 1.59. The zero-order valence-corrected chi connectivity index (χ0v) is 12.2. The zero-order valence-electron chi connectivity index (χ0n) is 9.76. The summed E-state index contributed by atoms with van der Waals surface area (Å²) in [5, 5.41) is 0. The number of hydrogen-bond acceptors (Lipinski definition) is 1. The van der Waals surface area contributed by atoms with Gasteiger partial charge >= 0.3 is 6.18 Å². The third-order valence-electron chi connectivity index (χ3n) is 2.60. The first-order valence-electron chi connectivity index (χ1n) is 5.36. The molecule has 0 aliphatic heterocycles. The highest BCUT2D eigenvalue weighted by atomic mass is 79.9. The smallest absolute Gasteiger partial charge is 0.206 e. The quantitative estimate of drug-likeness (QED) is 0.480. The van der Waals surface area contributed by atoms with Crippen LogP contribution in [0.15, 0.2) is 30.3 Å². The maximum absolute atomic E-state index is 13.2. The Kier molecular flexibility index (Phi) is 4.01. The standard InChI is InChI=1S/C13H9BrF4S/c1-7-2-5-11(19-7)12(14)8-3-4-10(15)9(6-8)13(16,17)18/h2-6,12H,1H3. The van der Waals surface area contributed by atoms with E-state index in [1.165, 1.54) is 17.4 Å². The van der Waals surface area contributed by atoms with Crippen LogP contribution >= 0.6 is 27.3 Å². The number of alkyl halides is 4. The minimum atomic E-state index is -4.68. The van der Waals surface area contributed by atoms with Crippen molar-refractivity contribution >= 4 is 27.3 Å². The van der Waals surface area contributed by atoms with Gasteiger partial charge in [0.15, 0.2) is 0 Å². The Morgan fingerprint density at radius 2 is 1.84 bits per heavy atom. The van der Waals surface area contributed by atoms with Crippen molar-refractivity contribution in [2.75, 3.05) is 0 Å². The van der Waals surface area contributed by atoms with Crippen molar-refractivity contribution in [1.29, 1.82) is 0 Å². The van der Waals surface area contributed by atoms with Gasteiger partial charge in [0.2, 0.25) is 0 Å². The third-order valence-corrected chi connectivity index (χ3v) is 4.99. The van der Waals surface area contributed by atoms with Crippen LogP contribution in [-0.2, 0) is 6.18 Å². The molecule has 0 radical (unpaired) electrons. The fourth-order valence-corrected chi connectivity index (χ4v) is 3.27. The number of benzene rings is 1. The summed E-state index contributed by atoms with van der Waals surface area (Å²) >= 11 is 4.84. The number of thiophene rings is 1. The second-order valence-electron chi connectivity index (χ2n) is 4.05.